The molecule has 1 aliphatic carbocycles. The largest absolute Gasteiger partial charge is 0.469 e. The maximum atomic E-state index is 12.3. The monoisotopic (exact) mass is 434 g/mol. The summed E-state index contributed by atoms with van der Waals surface area (Å²) < 4.78 is 20.8. The van der Waals surface area contributed by atoms with Crippen molar-refractivity contribution >= 4 is 29.2 Å². The molecule has 3 N–H and O–H groups in total. The van der Waals surface area contributed by atoms with E-state index >= 15 is 0 Å². The summed E-state index contributed by atoms with van der Waals surface area (Å²) in [6.07, 6.45) is 2.11. The minimum Gasteiger partial charge on any atom is -0.469 e. The van der Waals surface area contributed by atoms with Crippen molar-refractivity contribution in [2.75, 3.05) is 6.54 Å². The average molecular weight is 434 g/mol. The molecule has 0 radical (unpaired) electrons. The predicted molar refractivity (Wildman–Crippen MR) is 108 cm³/mol. The molecule has 2 atom stereocenters. The van der Waals surface area contributed by atoms with Crippen molar-refractivity contribution in [2.24, 2.45) is 11.7 Å². The van der Waals surface area contributed by atoms with Gasteiger partial charge in [0.15, 0.2) is 17.3 Å². The first-order valence-electron chi connectivity index (χ1n) is 9.76. The number of ether oxygens (including phenoxy) is 2. The number of nitrogens with one attached hydrogen (secondary N) is 1. The molecular formula is C21H26N2O8. The number of ketones is 2. The summed E-state index contributed by atoms with van der Waals surface area (Å²) in [5.41, 5.74) is 5.74. The molecule has 1 aromatic rings. The van der Waals surface area contributed by atoms with Crippen LogP contribution in [0, 0.1) is 5.92 Å². The lowest BCUT2D eigenvalue weighted by atomic mass is 9.92. The van der Waals surface area contributed by atoms with Crippen LogP contribution in [0.25, 0.3) is 5.57 Å². The van der Waals surface area contributed by atoms with Crippen molar-refractivity contribution in [3.63, 3.8) is 0 Å². The summed E-state index contributed by atoms with van der Waals surface area (Å²) in [6, 6.07) is 2.22. The Morgan fingerprint density at radius 1 is 1.26 bits per heavy atom. The Labute approximate surface area is 179 Å². The van der Waals surface area contributed by atoms with E-state index < -0.39 is 30.2 Å². The van der Waals surface area contributed by atoms with Crippen LogP contribution in [0.5, 0.6) is 0 Å². The van der Waals surface area contributed by atoms with Crippen molar-refractivity contribution in [2.45, 2.75) is 45.9 Å². The summed E-state index contributed by atoms with van der Waals surface area (Å²) in [7, 11) is 0. The smallest absolute Gasteiger partial charge is 0.410 e. The molecule has 0 spiro atoms. The van der Waals surface area contributed by atoms with Gasteiger partial charge in [-0.1, -0.05) is 13.8 Å². The SMILES string of the molecule is CC(OC(=O)NCCc1cccocc(C2=CC(=O)CC(N)C2=O)o1)OC(=O)C(C)C. The number of hydrogen-bond acceptors (Lipinski definition) is 9. The van der Waals surface area contributed by atoms with Gasteiger partial charge in [-0.15, -0.1) is 0 Å². The zero-order valence-electron chi connectivity index (χ0n) is 17.6. The zero-order chi connectivity index (χ0) is 23.0. The molecule has 0 fully saturated rings. The summed E-state index contributed by atoms with van der Waals surface area (Å²) >= 11 is 0. The molecule has 10 heteroatoms. The number of allylic oxidation sites excluding steroid dienone is 1. The molecule has 0 aromatic carbocycles. The van der Waals surface area contributed by atoms with Crippen LogP contribution in [0.3, 0.4) is 0 Å². The number of alkyl carbamates (subject to hydrolysis) is 1. The van der Waals surface area contributed by atoms with E-state index in [0.29, 0.717) is 5.76 Å². The first kappa shape index (κ1) is 23.9. The third kappa shape index (κ3) is 7.41. The highest BCUT2D eigenvalue weighted by atomic mass is 16.7. The summed E-state index contributed by atoms with van der Waals surface area (Å²) in [6.45, 7) is 4.90. The average Bonchev–Trinajstić information content (AvgIpc) is 2.66. The van der Waals surface area contributed by atoms with Crippen molar-refractivity contribution in [3.8, 4) is 0 Å². The topological polar surface area (TPSA) is 151 Å². The van der Waals surface area contributed by atoms with Crippen LogP contribution >= 0.6 is 0 Å². The van der Waals surface area contributed by atoms with Crippen molar-refractivity contribution in [1.82, 2.24) is 5.32 Å². The summed E-state index contributed by atoms with van der Waals surface area (Å²) in [5.74, 6) is -1.10. The first-order chi connectivity index (χ1) is 14.7. The Hall–Kier alpha value is -3.40. The van der Waals surface area contributed by atoms with Crippen LogP contribution in [-0.4, -0.2) is 42.5 Å². The fourth-order valence-corrected chi connectivity index (χ4v) is 2.54. The number of rotatable bonds is 7. The van der Waals surface area contributed by atoms with Gasteiger partial charge >= 0.3 is 12.1 Å². The maximum Gasteiger partial charge on any atom is 0.410 e. The van der Waals surface area contributed by atoms with E-state index in [1.54, 1.807) is 26.0 Å². The van der Waals surface area contributed by atoms with E-state index in [-0.39, 0.29) is 42.4 Å². The molecule has 1 heterocycles. The third-order valence-corrected chi connectivity index (χ3v) is 4.12. The van der Waals surface area contributed by atoms with Gasteiger partial charge < -0.3 is 29.4 Å². The van der Waals surface area contributed by atoms with Gasteiger partial charge in [0.05, 0.1) is 23.8 Å². The van der Waals surface area contributed by atoms with E-state index in [4.69, 9.17) is 24.0 Å². The van der Waals surface area contributed by atoms with Crippen LogP contribution in [0.15, 0.2) is 39.6 Å². The quantitative estimate of drug-likeness (QED) is 0.485. The zero-order valence-corrected chi connectivity index (χ0v) is 17.6. The van der Waals surface area contributed by atoms with Gasteiger partial charge in [0.2, 0.25) is 6.29 Å². The molecule has 10 nitrogen and oxygen atoms in total. The van der Waals surface area contributed by atoms with Crippen LogP contribution < -0.4 is 11.1 Å². The number of Topliss-reactive ketones (excluding diaryl/α,β-unsaturated/α-hetero) is 1. The highest BCUT2D eigenvalue weighted by molar-refractivity contribution is 6.29. The fourth-order valence-electron chi connectivity index (χ4n) is 2.54. The lowest BCUT2D eigenvalue weighted by Gasteiger charge is -2.16. The van der Waals surface area contributed by atoms with E-state index in [9.17, 15) is 19.2 Å². The van der Waals surface area contributed by atoms with Crippen LogP contribution in [0.1, 0.15) is 38.7 Å². The second-order valence-corrected chi connectivity index (χ2v) is 7.12. The first-order valence-corrected chi connectivity index (χ1v) is 9.76. The molecule has 0 bridgehead atoms. The van der Waals surface area contributed by atoms with E-state index in [0.717, 1.165) is 0 Å². The van der Waals surface area contributed by atoms with Gasteiger partial charge in [-0.2, -0.15) is 0 Å². The van der Waals surface area contributed by atoms with E-state index in [2.05, 4.69) is 5.32 Å². The highest BCUT2D eigenvalue weighted by Gasteiger charge is 2.28. The van der Waals surface area contributed by atoms with Crippen LogP contribution in [0.2, 0.25) is 0 Å². The van der Waals surface area contributed by atoms with E-state index in [1.807, 2.05) is 0 Å². The summed E-state index contributed by atoms with van der Waals surface area (Å²) in [5, 5.41) is 2.51. The van der Waals surface area contributed by atoms with Gasteiger partial charge in [-0.05, 0) is 18.2 Å². The molecule has 1 aromatic heterocycles. The number of amides is 1. The molecule has 0 aliphatic heterocycles. The lowest BCUT2D eigenvalue weighted by molar-refractivity contribution is -0.168. The minimum atomic E-state index is -1.03. The lowest BCUT2D eigenvalue weighted by Crippen LogP contribution is -2.36. The van der Waals surface area contributed by atoms with Crippen LogP contribution in [0.4, 0.5) is 4.79 Å². The van der Waals surface area contributed by atoms with Crippen molar-refractivity contribution < 1.29 is 37.5 Å². The Morgan fingerprint density at radius 2 is 2.00 bits per heavy atom. The van der Waals surface area contributed by atoms with Crippen molar-refractivity contribution in [1.29, 1.82) is 0 Å². The molecule has 1 amide bonds. The van der Waals surface area contributed by atoms with Gasteiger partial charge in [0.25, 0.3) is 0 Å². The second kappa shape index (κ2) is 11.1. The van der Waals surface area contributed by atoms with Crippen LogP contribution in [-0.2, 0) is 30.3 Å². The summed E-state index contributed by atoms with van der Waals surface area (Å²) in [4.78, 5) is 47.5. The fraction of sp³-hybridized carbons (Fsp3) is 0.429. The second-order valence-electron chi connectivity index (χ2n) is 7.12. The van der Waals surface area contributed by atoms with Gasteiger partial charge in [-0.3, -0.25) is 14.4 Å². The highest BCUT2D eigenvalue weighted by Crippen LogP contribution is 2.22. The van der Waals surface area contributed by atoms with Gasteiger partial charge in [-0.25, -0.2) is 4.79 Å². The normalized spacial score (nSPS) is 16.9. The number of carbonyl (C=O) groups excluding carboxylic acids is 4. The Balaban J connectivity index is 2.01. The van der Waals surface area contributed by atoms with Gasteiger partial charge in [0, 0.05) is 26.3 Å². The Morgan fingerprint density at radius 3 is 2.71 bits per heavy atom. The molecule has 2 rings (SSSR count). The Bertz CT molecular complexity index is 910. The molecule has 0 saturated heterocycles. The molecule has 1 aliphatic rings. The molecular weight excluding hydrogens is 408 g/mol. The number of carbonyl (C=O) groups is 4. The number of hydrogen-bond donors (Lipinski definition) is 2. The maximum absolute atomic E-state index is 12.3. The van der Waals surface area contributed by atoms with Crippen molar-refractivity contribution in [3.05, 3.63) is 42.3 Å². The third-order valence-electron chi connectivity index (χ3n) is 4.12. The number of esters is 1. The predicted octanol–water partition coefficient (Wildman–Crippen LogP) is 2.06. The Kier molecular flexibility index (Phi) is 8.56. The molecule has 31 heavy (non-hydrogen) atoms. The molecule has 168 valence electrons. The minimum absolute atomic E-state index is 0.0260. The van der Waals surface area contributed by atoms with Gasteiger partial charge in [0.1, 0.15) is 12.0 Å². The number of nitrogens with two attached hydrogens (primary N) is 1. The molecule has 0 saturated carbocycles. The van der Waals surface area contributed by atoms with E-state index in [1.165, 1.54) is 25.5 Å². The standard InChI is InChI=1S/C21H26N2O8/c1-12(2)20(26)29-13(3)30-21(27)23-7-6-15-5-4-8-28-11-18(31-15)16-9-14(24)10-17(22)19(16)25/h4-5,8-9,11-13,17H,6-7,10,22H2,1-3H3,(H,23,27). The molecule has 2 unspecified atom stereocenters.